The maximum Gasteiger partial charge on any atom is 0.326 e. The van der Waals surface area contributed by atoms with Gasteiger partial charge in [-0.15, -0.1) is 0 Å². The second-order valence-electron chi connectivity index (χ2n) is 7.49. The molecule has 0 aromatic rings. The summed E-state index contributed by atoms with van der Waals surface area (Å²) in [6.45, 7) is 5.91. The number of esters is 1. The van der Waals surface area contributed by atoms with Crippen LogP contribution in [0, 0.1) is 5.92 Å². The van der Waals surface area contributed by atoms with Gasteiger partial charge in [0.1, 0.15) is 5.54 Å². The van der Waals surface area contributed by atoms with Crippen LogP contribution in [0.15, 0.2) is 0 Å². The first-order chi connectivity index (χ1) is 10.1. The summed E-state index contributed by atoms with van der Waals surface area (Å²) in [5, 5.41) is 3.61. The molecule has 3 fully saturated rings. The van der Waals surface area contributed by atoms with Crippen molar-refractivity contribution in [2.24, 2.45) is 5.92 Å². The van der Waals surface area contributed by atoms with Crippen molar-refractivity contribution in [1.29, 1.82) is 0 Å². The lowest BCUT2D eigenvalue weighted by Crippen LogP contribution is -2.54. The first kappa shape index (κ1) is 15.3. The first-order valence-electron chi connectivity index (χ1n) is 8.67. The largest absolute Gasteiger partial charge is 0.468 e. The molecule has 1 saturated heterocycles. The van der Waals surface area contributed by atoms with Crippen LogP contribution < -0.4 is 5.32 Å². The second kappa shape index (κ2) is 5.88. The molecule has 4 atom stereocenters. The number of hydrogen-bond donors (Lipinski definition) is 1. The van der Waals surface area contributed by atoms with E-state index in [2.05, 4.69) is 24.1 Å². The van der Waals surface area contributed by atoms with Gasteiger partial charge in [-0.1, -0.05) is 6.92 Å². The van der Waals surface area contributed by atoms with Crippen molar-refractivity contribution in [2.75, 3.05) is 13.7 Å². The zero-order valence-corrected chi connectivity index (χ0v) is 13.7. The van der Waals surface area contributed by atoms with Crippen molar-refractivity contribution in [1.82, 2.24) is 10.2 Å². The summed E-state index contributed by atoms with van der Waals surface area (Å²) in [7, 11) is 1.53. The first-order valence-corrected chi connectivity index (χ1v) is 8.67. The highest BCUT2D eigenvalue weighted by Gasteiger charge is 2.50. The summed E-state index contributed by atoms with van der Waals surface area (Å²) in [5.74, 6) is 0.720. The zero-order chi connectivity index (χ0) is 15.0. The number of likely N-dealkylation sites (tertiary alicyclic amines) is 1. The highest BCUT2D eigenvalue weighted by atomic mass is 16.5. The van der Waals surface area contributed by atoms with Gasteiger partial charge in [0.25, 0.3) is 0 Å². The van der Waals surface area contributed by atoms with Crippen molar-refractivity contribution < 1.29 is 9.53 Å². The van der Waals surface area contributed by atoms with Gasteiger partial charge >= 0.3 is 5.97 Å². The number of piperidine rings is 1. The molecule has 0 spiro atoms. The van der Waals surface area contributed by atoms with Gasteiger partial charge in [-0.25, -0.2) is 0 Å². The highest BCUT2D eigenvalue weighted by Crippen LogP contribution is 2.39. The van der Waals surface area contributed by atoms with Gasteiger partial charge in [-0.2, -0.15) is 0 Å². The van der Waals surface area contributed by atoms with Gasteiger partial charge in [0.05, 0.1) is 7.11 Å². The number of nitrogens with zero attached hydrogens (tertiary/aromatic N) is 1. The quantitative estimate of drug-likeness (QED) is 0.808. The fourth-order valence-electron chi connectivity index (χ4n) is 4.37. The molecule has 0 bridgehead atoms. The van der Waals surface area contributed by atoms with E-state index >= 15 is 0 Å². The summed E-state index contributed by atoms with van der Waals surface area (Å²) >= 11 is 0. The third-order valence-electron chi connectivity index (χ3n) is 6.01. The smallest absolute Gasteiger partial charge is 0.326 e. The number of rotatable bonds is 4. The maximum atomic E-state index is 12.4. The molecule has 4 unspecified atom stereocenters. The Morgan fingerprint density at radius 3 is 2.67 bits per heavy atom. The van der Waals surface area contributed by atoms with Gasteiger partial charge in [0.15, 0.2) is 0 Å². The molecule has 2 saturated carbocycles. The number of methoxy groups -OCH3 is 1. The average molecular weight is 294 g/mol. The summed E-state index contributed by atoms with van der Waals surface area (Å²) in [6, 6.07) is 1.71. The Labute approximate surface area is 128 Å². The second-order valence-corrected chi connectivity index (χ2v) is 7.49. The summed E-state index contributed by atoms with van der Waals surface area (Å²) in [6.07, 6.45) is 8.02. The van der Waals surface area contributed by atoms with E-state index in [1.807, 2.05) is 0 Å². The minimum atomic E-state index is -0.416. The maximum absolute atomic E-state index is 12.4. The molecule has 0 aromatic carbocycles. The van der Waals surface area contributed by atoms with Crippen molar-refractivity contribution in [3.8, 4) is 0 Å². The lowest BCUT2D eigenvalue weighted by atomic mass is 9.89. The number of ether oxygens (including phenoxy) is 1. The van der Waals surface area contributed by atoms with Gasteiger partial charge < -0.3 is 4.74 Å². The molecule has 1 N–H and O–H groups in total. The summed E-state index contributed by atoms with van der Waals surface area (Å²) in [5.41, 5.74) is -0.416. The van der Waals surface area contributed by atoms with E-state index in [9.17, 15) is 4.79 Å². The fraction of sp³-hybridized carbons (Fsp3) is 0.941. The van der Waals surface area contributed by atoms with E-state index in [0.29, 0.717) is 18.1 Å². The molecule has 1 heterocycles. The Hall–Kier alpha value is -0.610. The molecular weight excluding hydrogens is 264 g/mol. The van der Waals surface area contributed by atoms with Crippen LogP contribution in [0.3, 0.4) is 0 Å². The normalized spacial score (nSPS) is 41.2. The lowest BCUT2D eigenvalue weighted by Gasteiger charge is -2.42. The van der Waals surface area contributed by atoms with Gasteiger partial charge in [0.2, 0.25) is 0 Å². The van der Waals surface area contributed by atoms with Crippen LogP contribution in [0.1, 0.15) is 58.8 Å². The summed E-state index contributed by atoms with van der Waals surface area (Å²) < 4.78 is 5.13. The Balaban J connectivity index is 1.70. The number of carbonyl (C=O) groups is 1. The molecular formula is C17H30N2O2. The van der Waals surface area contributed by atoms with Gasteiger partial charge in [0, 0.05) is 18.1 Å². The molecule has 4 nitrogen and oxygen atoms in total. The Morgan fingerprint density at radius 1 is 1.24 bits per heavy atom. The number of nitrogens with one attached hydrogen (secondary N) is 1. The van der Waals surface area contributed by atoms with E-state index < -0.39 is 5.54 Å². The molecule has 3 rings (SSSR count). The standard InChI is InChI=1S/C17H30N2O2/c1-12-5-4-10-19(13(12)2)15-8-9-17(11-15,16(20)21-3)18-14-6-7-14/h12-15,18H,4-11H2,1-3H3. The van der Waals surface area contributed by atoms with Crippen molar-refractivity contribution >= 4 is 5.97 Å². The molecule has 120 valence electrons. The Kier molecular flexibility index (Phi) is 4.28. The zero-order valence-electron chi connectivity index (χ0n) is 13.7. The third kappa shape index (κ3) is 2.98. The predicted molar refractivity (Wildman–Crippen MR) is 83.1 cm³/mol. The molecule has 0 radical (unpaired) electrons. The van der Waals surface area contributed by atoms with Crippen LogP contribution in [-0.2, 0) is 9.53 Å². The highest BCUT2D eigenvalue weighted by molar-refractivity contribution is 5.81. The van der Waals surface area contributed by atoms with Crippen molar-refractivity contribution in [3.63, 3.8) is 0 Å². The molecule has 21 heavy (non-hydrogen) atoms. The average Bonchev–Trinajstić information content (AvgIpc) is 3.18. The van der Waals surface area contributed by atoms with E-state index in [1.54, 1.807) is 0 Å². The number of carbonyl (C=O) groups excluding carboxylic acids is 1. The molecule has 0 aromatic heterocycles. The monoisotopic (exact) mass is 294 g/mol. The van der Waals surface area contributed by atoms with E-state index in [-0.39, 0.29) is 5.97 Å². The predicted octanol–water partition coefficient (Wildman–Crippen LogP) is 2.32. The van der Waals surface area contributed by atoms with Crippen LogP contribution in [-0.4, -0.2) is 48.2 Å². The molecule has 0 amide bonds. The van der Waals surface area contributed by atoms with E-state index in [1.165, 1.54) is 39.3 Å². The van der Waals surface area contributed by atoms with Crippen LogP contribution in [0.5, 0.6) is 0 Å². The van der Waals surface area contributed by atoms with Crippen LogP contribution in [0.4, 0.5) is 0 Å². The fourth-order valence-corrected chi connectivity index (χ4v) is 4.37. The Morgan fingerprint density at radius 2 is 2.00 bits per heavy atom. The third-order valence-corrected chi connectivity index (χ3v) is 6.01. The van der Waals surface area contributed by atoms with Crippen molar-refractivity contribution in [3.05, 3.63) is 0 Å². The molecule has 3 aliphatic rings. The minimum absolute atomic E-state index is 0.0467. The van der Waals surface area contributed by atoms with Gasteiger partial charge in [-0.3, -0.25) is 15.0 Å². The SMILES string of the molecule is COC(=O)C1(NC2CC2)CCC(N2CCCC(C)C2C)C1. The topological polar surface area (TPSA) is 41.6 Å². The molecule has 1 aliphatic heterocycles. The van der Waals surface area contributed by atoms with Crippen LogP contribution >= 0.6 is 0 Å². The van der Waals surface area contributed by atoms with Crippen LogP contribution in [0.25, 0.3) is 0 Å². The van der Waals surface area contributed by atoms with E-state index in [4.69, 9.17) is 4.74 Å². The molecule has 4 heteroatoms. The number of hydrogen-bond acceptors (Lipinski definition) is 4. The van der Waals surface area contributed by atoms with Crippen molar-refractivity contribution in [2.45, 2.75) is 82.5 Å². The van der Waals surface area contributed by atoms with E-state index in [0.717, 1.165) is 25.2 Å². The molecule has 2 aliphatic carbocycles. The Bertz CT molecular complexity index is 396. The van der Waals surface area contributed by atoms with Gasteiger partial charge in [-0.05, 0) is 64.3 Å². The summed E-state index contributed by atoms with van der Waals surface area (Å²) in [4.78, 5) is 15.0. The van der Waals surface area contributed by atoms with Crippen LogP contribution in [0.2, 0.25) is 0 Å². The lowest BCUT2D eigenvalue weighted by molar-refractivity contribution is -0.148. The minimum Gasteiger partial charge on any atom is -0.468 e.